The molecular weight excluding hydrogens is 432 g/mol. The zero-order chi connectivity index (χ0) is 23.7. The standard InChI is InChI=1S/C26H28N4O4/c1-18-22(29-12-6-5-10-20(29)27-18)24(31)21-23(19-8-3-2-4-9-19)30(26(33)25(21)32)13-7-11-28-14-16-34-17-15-28/h2-6,8-10,12,23,31H,7,11,13-17H2,1H3/t23-/m1/s1. The van der Waals surface area contributed by atoms with Crippen LogP contribution in [0.3, 0.4) is 0 Å². The number of nitrogens with zero attached hydrogens (tertiary/aromatic N) is 4. The van der Waals surface area contributed by atoms with Gasteiger partial charge in [0.05, 0.1) is 30.5 Å². The summed E-state index contributed by atoms with van der Waals surface area (Å²) in [5.74, 6) is -1.44. The van der Waals surface area contributed by atoms with Gasteiger partial charge in [-0.1, -0.05) is 36.4 Å². The summed E-state index contributed by atoms with van der Waals surface area (Å²) in [6.45, 7) is 6.20. The second-order valence-corrected chi connectivity index (χ2v) is 8.69. The lowest BCUT2D eigenvalue weighted by Gasteiger charge is -2.29. The van der Waals surface area contributed by atoms with Crippen molar-refractivity contribution in [3.8, 4) is 0 Å². The number of hydrogen-bond donors (Lipinski definition) is 1. The van der Waals surface area contributed by atoms with Crippen molar-refractivity contribution in [1.82, 2.24) is 19.2 Å². The van der Waals surface area contributed by atoms with Crippen molar-refractivity contribution in [3.05, 3.63) is 77.3 Å². The van der Waals surface area contributed by atoms with E-state index >= 15 is 0 Å². The fraction of sp³-hybridized carbons (Fsp3) is 0.346. The SMILES string of the molecule is Cc1nc2ccccn2c1C(O)=C1C(=O)C(=O)N(CCCN2CCOCC2)[C@@H]1c1ccccc1. The summed E-state index contributed by atoms with van der Waals surface area (Å²) in [5.41, 5.74) is 2.59. The molecule has 2 aromatic heterocycles. The van der Waals surface area contributed by atoms with E-state index in [4.69, 9.17) is 4.74 Å². The molecule has 2 fully saturated rings. The van der Waals surface area contributed by atoms with Gasteiger partial charge in [0.2, 0.25) is 0 Å². The molecule has 8 nitrogen and oxygen atoms in total. The number of rotatable bonds is 6. The maximum atomic E-state index is 13.3. The highest BCUT2D eigenvalue weighted by atomic mass is 16.5. The highest BCUT2D eigenvalue weighted by Crippen LogP contribution is 2.40. The molecule has 2 aliphatic rings. The molecule has 0 radical (unpaired) electrons. The number of hydrogen-bond acceptors (Lipinski definition) is 6. The number of pyridine rings is 1. The number of imidazole rings is 1. The molecule has 0 saturated carbocycles. The fourth-order valence-corrected chi connectivity index (χ4v) is 4.91. The van der Waals surface area contributed by atoms with Crippen LogP contribution in [0.2, 0.25) is 0 Å². The van der Waals surface area contributed by atoms with Gasteiger partial charge in [0.1, 0.15) is 11.3 Å². The Bertz CT molecular complexity index is 1240. The molecule has 5 rings (SSSR count). The number of ketones is 1. The molecule has 2 aliphatic heterocycles. The zero-order valence-corrected chi connectivity index (χ0v) is 19.2. The molecule has 1 atom stereocenters. The number of aliphatic hydroxyl groups is 1. The number of carbonyl (C=O) groups excluding carboxylic acids is 2. The van der Waals surface area contributed by atoms with Crippen LogP contribution < -0.4 is 0 Å². The molecule has 3 aromatic rings. The topological polar surface area (TPSA) is 87.4 Å². The van der Waals surface area contributed by atoms with Crippen molar-refractivity contribution in [2.24, 2.45) is 0 Å². The molecule has 0 unspecified atom stereocenters. The summed E-state index contributed by atoms with van der Waals surface area (Å²) >= 11 is 0. The Labute approximate surface area is 198 Å². The molecule has 8 heteroatoms. The lowest BCUT2D eigenvalue weighted by molar-refractivity contribution is -0.140. The number of aromatic nitrogens is 2. The van der Waals surface area contributed by atoms with Gasteiger partial charge in [0.25, 0.3) is 11.7 Å². The van der Waals surface area contributed by atoms with Gasteiger partial charge in [-0.2, -0.15) is 0 Å². The van der Waals surface area contributed by atoms with Crippen LogP contribution in [0.1, 0.15) is 29.4 Å². The van der Waals surface area contributed by atoms with Crippen LogP contribution >= 0.6 is 0 Å². The number of carbonyl (C=O) groups is 2. The lowest BCUT2D eigenvalue weighted by atomic mass is 9.96. The van der Waals surface area contributed by atoms with Crippen LogP contribution in [-0.4, -0.2) is 75.4 Å². The second kappa shape index (κ2) is 9.40. The third-order valence-electron chi connectivity index (χ3n) is 6.56. The Hall–Kier alpha value is -3.49. The van der Waals surface area contributed by atoms with E-state index in [1.54, 1.807) is 22.4 Å². The maximum Gasteiger partial charge on any atom is 0.295 e. The molecule has 0 aliphatic carbocycles. The average molecular weight is 461 g/mol. The molecule has 34 heavy (non-hydrogen) atoms. The first-order chi connectivity index (χ1) is 16.6. The Morgan fingerprint density at radius 1 is 1.06 bits per heavy atom. The smallest absolute Gasteiger partial charge is 0.295 e. The van der Waals surface area contributed by atoms with Gasteiger partial charge in [0, 0.05) is 32.4 Å². The summed E-state index contributed by atoms with van der Waals surface area (Å²) in [6.07, 6.45) is 2.52. The number of benzene rings is 1. The number of Topliss-reactive ketones (excluding diaryl/α,β-unsaturated/α-hetero) is 1. The molecule has 176 valence electrons. The normalized spacial score (nSPS) is 21.0. The highest BCUT2D eigenvalue weighted by Gasteiger charge is 2.46. The number of likely N-dealkylation sites (tertiary alicyclic amines) is 1. The van der Waals surface area contributed by atoms with E-state index in [0.29, 0.717) is 36.8 Å². The summed E-state index contributed by atoms with van der Waals surface area (Å²) in [5, 5.41) is 11.5. The van der Waals surface area contributed by atoms with Crippen molar-refractivity contribution in [1.29, 1.82) is 0 Å². The van der Waals surface area contributed by atoms with Gasteiger partial charge in [0.15, 0.2) is 5.76 Å². The summed E-state index contributed by atoms with van der Waals surface area (Å²) < 4.78 is 7.16. The van der Waals surface area contributed by atoms with Crippen LogP contribution in [0, 0.1) is 6.92 Å². The first kappa shape index (κ1) is 22.3. The second-order valence-electron chi connectivity index (χ2n) is 8.69. The third-order valence-corrected chi connectivity index (χ3v) is 6.56. The summed E-state index contributed by atoms with van der Waals surface area (Å²) in [4.78, 5) is 34.9. The first-order valence-corrected chi connectivity index (χ1v) is 11.6. The van der Waals surface area contributed by atoms with Crippen LogP contribution in [0.25, 0.3) is 11.4 Å². The summed E-state index contributed by atoms with van der Waals surface area (Å²) in [7, 11) is 0. The lowest BCUT2D eigenvalue weighted by Crippen LogP contribution is -2.38. The Kier molecular flexibility index (Phi) is 6.17. The minimum absolute atomic E-state index is 0.108. The number of aryl methyl sites for hydroxylation is 1. The molecule has 1 aromatic carbocycles. The predicted molar refractivity (Wildman–Crippen MR) is 127 cm³/mol. The molecular formula is C26H28N4O4. The first-order valence-electron chi connectivity index (χ1n) is 11.6. The van der Waals surface area contributed by atoms with Crippen LogP contribution in [0.5, 0.6) is 0 Å². The number of aliphatic hydroxyl groups excluding tert-OH is 1. The van der Waals surface area contributed by atoms with E-state index in [1.165, 1.54) is 0 Å². The predicted octanol–water partition coefficient (Wildman–Crippen LogP) is 2.79. The maximum absolute atomic E-state index is 13.3. The van der Waals surface area contributed by atoms with Gasteiger partial charge in [-0.05, 0) is 31.0 Å². The minimum Gasteiger partial charge on any atom is -0.505 e. The Morgan fingerprint density at radius 2 is 1.79 bits per heavy atom. The van der Waals surface area contributed by atoms with Crippen LogP contribution in [-0.2, 0) is 14.3 Å². The van der Waals surface area contributed by atoms with Gasteiger partial charge in [-0.25, -0.2) is 4.98 Å². The fourth-order valence-electron chi connectivity index (χ4n) is 4.91. The number of amides is 1. The zero-order valence-electron chi connectivity index (χ0n) is 19.2. The average Bonchev–Trinajstić information content (AvgIpc) is 3.33. The van der Waals surface area contributed by atoms with E-state index in [9.17, 15) is 14.7 Å². The van der Waals surface area contributed by atoms with Gasteiger partial charge in [-0.15, -0.1) is 0 Å². The molecule has 1 N–H and O–H groups in total. The van der Waals surface area contributed by atoms with Crippen molar-refractivity contribution in [2.45, 2.75) is 19.4 Å². The van der Waals surface area contributed by atoms with Crippen molar-refractivity contribution < 1.29 is 19.4 Å². The van der Waals surface area contributed by atoms with E-state index in [0.717, 1.165) is 31.6 Å². The van der Waals surface area contributed by atoms with Crippen molar-refractivity contribution in [3.63, 3.8) is 0 Å². The van der Waals surface area contributed by atoms with Gasteiger partial charge in [-0.3, -0.25) is 18.9 Å². The van der Waals surface area contributed by atoms with E-state index in [1.807, 2.05) is 48.5 Å². The Morgan fingerprint density at radius 3 is 2.56 bits per heavy atom. The molecule has 0 spiro atoms. The minimum atomic E-state index is -0.664. The largest absolute Gasteiger partial charge is 0.505 e. The highest BCUT2D eigenvalue weighted by molar-refractivity contribution is 6.46. The van der Waals surface area contributed by atoms with Crippen molar-refractivity contribution >= 4 is 23.1 Å². The van der Waals surface area contributed by atoms with E-state index in [2.05, 4.69) is 9.88 Å². The monoisotopic (exact) mass is 460 g/mol. The molecule has 2 saturated heterocycles. The van der Waals surface area contributed by atoms with Gasteiger partial charge < -0.3 is 14.7 Å². The van der Waals surface area contributed by atoms with Crippen LogP contribution in [0.4, 0.5) is 0 Å². The number of morpholine rings is 1. The molecule has 0 bridgehead atoms. The Balaban J connectivity index is 1.53. The van der Waals surface area contributed by atoms with Crippen LogP contribution in [0.15, 0.2) is 60.3 Å². The summed E-state index contributed by atoms with van der Waals surface area (Å²) in [6, 6.07) is 14.3. The number of ether oxygens (including phenoxy) is 1. The van der Waals surface area contributed by atoms with Crippen molar-refractivity contribution in [2.75, 3.05) is 39.4 Å². The molecule has 4 heterocycles. The quantitative estimate of drug-likeness (QED) is 0.346. The van der Waals surface area contributed by atoms with E-state index < -0.39 is 17.7 Å². The van der Waals surface area contributed by atoms with Gasteiger partial charge >= 0.3 is 0 Å². The van der Waals surface area contributed by atoms with E-state index in [-0.39, 0.29) is 11.3 Å². The molecule has 1 amide bonds. The number of fused-ring (bicyclic) bond motifs is 1. The third kappa shape index (κ3) is 3.99.